The summed E-state index contributed by atoms with van der Waals surface area (Å²) < 4.78 is 37.9. The minimum absolute atomic E-state index is 0.0174. The van der Waals surface area contributed by atoms with E-state index in [4.69, 9.17) is 0 Å². The molecule has 1 saturated heterocycles. The Labute approximate surface area is 146 Å². The molecule has 0 radical (unpaired) electrons. The van der Waals surface area contributed by atoms with Crippen molar-refractivity contribution in [2.75, 3.05) is 31.5 Å². The van der Waals surface area contributed by atoms with Crippen LogP contribution < -0.4 is 16.0 Å². The molecule has 4 N–H and O–H groups in total. The van der Waals surface area contributed by atoms with Crippen molar-refractivity contribution in [1.82, 2.24) is 10.6 Å². The zero-order valence-corrected chi connectivity index (χ0v) is 13.7. The van der Waals surface area contributed by atoms with E-state index in [2.05, 4.69) is 16.0 Å². The molecule has 0 aliphatic carbocycles. The largest absolute Gasteiger partial charge is 0.416 e. The summed E-state index contributed by atoms with van der Waals surface area (Å²) in [6.45, 7) is 1.38. The fourth-order valence-electron chi connectivity index (χ4n) is 2.58. The molecule has 1 fully saturated rings. The lowest BCUT2D eigenvalue weighted by Crippen LogP contribution is -2.35. The minimum Gasteiger partial charge on any atom is -0.391 e. The van der Waals surface area contributed by atoms with Crippen LogP contribution in [0.2, 0.25) is 0 Å². The van der Waals surface area contributed by atoms with Gasteiger partial charge in [-0.1, -0.05) is 0 Å². The predicted molar refractivity (Wildman–Crippen MR) is 86.6 cm³/mol. The van der Waals surface area contributed by atoms with Gasteiger partial charge in [-0.2, -0.15) is 13.2 Å². The Morgan fingerprint density at radius 2 is 2.12 bits per heavy atom. The fraction of sp³-hybridized carbons (Fsp3) is 0.533. The minimum atomic E-state index is -4.68. The third-order valence-electron chi connectivity index (χ3n) is 4.05. The quantitative estimate of drug-likeness (QED) is 0.419. The summed E-state index contributed by atoms with van der Waals surface area (Å²) in [4.78, 5) is 21.8. The van der Waals surface area contributed by atoms with Crippen molar-refractivity contribution in [1.29, 1.82) is 0 Å². The van der Waals surface area contributed by atoms with Crippen molar-refractivity contribution in [2.45, 2.75) is 18.7 Å². The van der Waals surface area contributed by atoms with Crippen molar-refractivity contribution in [3.63, 3.8) is 0 Å². The number of β-amino-alcohol motifs (C(OH)–C–C–N with tert-alkyl or cyclic N) is 1. The zero-order chi connectivity index (χ0) is 19.3. The number of hydrogen-bond acceptors (Lipinski definition) is 6. The molecule has 0 saturated carbocycles. The summed E-state index contributed by atoms with van der Waals surface area (Å²) in [5.74, 6) is -0.408. The number of carbonyl (C=O) groups is 1. The first-order valence-electron chi connectivity index (χ1n) is 7.93. The van der Waals surface area contributed by atoms with Crippen LogP contribution in [0.5, 0.6) is 0 Å². The number of aliphatic hydroxyl groups is 1. The van der Waals surface area contributed by atoms with E-state index >= 15 is 0 Å². The first kappa shape index (κ1) is 19.9. The van der Waals surface area contributed by atoms with Crippen molar-refractivity contribution in [3.05, 3.63) is 33.9 Å². The van der Waals surface area contributed by atoms with Crippen LogP contribution >= 0.6 is 0 Å². The number of aliphatic hydroxyl groups excluding tert-OH is 1. The van der Waals surface area contributed by atoms with Gasteiger partial charge in [0, 0.05) is 44.6 Å². The van der Waals surface area contributed by atoms with Gasteiger partial charge >= 0.3 is 6.18 Å². The normalized spacial score (nSPS) is 20.0. The van der Waals surface area contributed by atoms with E-state index in [-0.39, 0.29) is 30.5 Å². The second kappa shape index (κ2) is 8.32. The van der Waals surface area contributed by atoms with Crippen LogP contribution in [-0.4, -0.2) is 48.2 Å². The maximum absolute atomic E-state index is 12.6. The van der Waals surface area contributed by atoms with Gasteiger partial charge in [0.2, 0.25) is 5.91 Å². The lowest BCUT2D eigenvalue weighted by atomic mass is 10.1. The van der Waals surface area contributed by atoms with Gasteiger partial charge in [-0.05, 0) is 12.1 Å². The zero-order valence-electron chi connectivity index (χ0n) is 13.7. The summed E-state index contributed by atoms with van der Waals surface area (Å²) in [5, 5.41) is 28.8. The maximum Gasteiger partial charge on any atom is 0.416 e. The molecule has 1 amide bonds. The second-order valence-electron chi connectivity index (χ2n) is 5.95. The Kier molecular flexibility index (Phi) is 6.37. The molecule has 2 unspecified atom stereocenters. The molecule has 26 heavy (non-hydrogen) atoms. The van der Waals surface area contributed by atoms with Gasteiger partial charge in [0.05, 0.1) is 16.6 Å². The number of carbonyl (C=O) groups excluding carboxylic acids is 1. The van der Waals surface area contributed by atoms with Crippen molar-refractivity contribution < 1.29 is 28.0 Å². The Morgan fingerprint density at radius 3 is 2.69 bits per heavy atom. The van der Waals surface area contributed by atoms with Gasteiger partial charge in [0.1, 0.15) is 5.69 Å². The highest BCUT2D eigenvalue weighted by Crippen LogP contribution is 2.34. The third kappa shape index (κ3) is 5.30. The first-order valence-corrected chi connectivity index (χ1v) is 7.93. The number of nitrogens with one attached hydrogen (secondary N) is 3. The third-order valence-corrected chi connectivity index (χ3v) is 4.05. The van der Waals surface area contributed by atoms with E-state index in [1.807, 2.05) is 0 Å². The number of halogens is 3. The van der Waals surface area contributed by atoms with Gasteiger partial charge in [0.25, 0.3) is 5.69 Å². The Hall–Kier alpha value is -2.40. The SMILES string of the molecule is O=C(CCNc1ccc(C(F)(F)F)cc1[N+](=O)[O-])NCC1CNCC1O. The van der Waals surface area contributed by atoms with E-state index in [1.54, 1.807) is 0 Å². The summed E-state index contributed by atoms with van der Waals surface area (Å²) >= 11 is 0. The molecule has 144 valence electrons. The molecule has 1 heterocycles. The monoisotopic (exact) mass is 376 g/mol. The molecule has 1 aromatic carbocycles. The van der Waals surface area contributed by atoms with Crippen LogP contribution in [0.1, 0.15) is 12.0 Å². The summed E-state index contributed by atoms with van der Waals surface area (Å²) in [7, 11) is 0. The number of anilines is 1. The predicted octanol–water partition coefficient (Wildman–Crippen LogP) is 1.11. The number of alkyl halides is 3. The van der Waals surface area contributed by atoms with E-state index in [0.717, 1.165) is 12.1 Å². The molecule has 11 heteroatoms. The maximum atomic E-state index is 12.6. The average Bonchev–Trinajstić information content (AvgIpc) is 2.97. The number of nitro groups is 1. The number of amides is 1. The molecule has 1 aliphatic rings. The van der Waals surface area contributed by atoms with Crippen LogP contribution in [-0.2, 0) is 11.0 Å². The fourth-order valence-corrected chi connectivity index (χ4v) is 2.58. The molecule has 8 nitrogen and oxygen atoms in total. The number of nitrogens with zero attached hydrogens (tertiary/aromatic N) is 1. The van der Waals surface area contributed by atoms with Crippen molar-refractivity contribution in [3.8, 4) is 0 Å². The molecular formula is C15H19F3N4O4. The van der Waals surface area contributed by atoms with E-state index in [0.29, 0.717) is 25.7 Å². The molecule has 0 bridgehead atoms. The van der Waals surface area contributed by atoms with Gasteiger partial charge in [-0.3, -0.25) is 14.9 Å². The van der Waals surface area contributed by atoms with Gasteiger partial charge in [-0.25, -0.2) is 0 Å². The summed E-state index contributed by atoms with van der Waals surface area (Å²) in [6, 6.07) is 2.17. The van der Waals surface area contributed by atoms with Crippen LogP contribution in [0.15, 0.2) is 18.2 Å². The Balaban J connectivity index is 1.86. The molecule has 0 spiro atoms. The lowest BCUT2D eigenvalue weighted by Gasteiger charge is -2.14. The number of nitro benzene ring substituents is 1. The standard InChI is InChI=1S/C15H19F3N4O4/c16-15(17,18)10-1-2-11(12(5-10)22(25)26)20-4-3-14(24)21-7-9-6-19-8-13(9)23/h1-2,5,9,13,19-20,23H,3-4,6-8H2,(H,21,24). The topological polar surface area (TPSA) is 117 Å². The number of rotatable bonds is 7. The summed E-state index contributed by atoms with van der Waals surface area (Å²) in [5.41, 5.74) is -1.91. The molecular weight excluding hydrogens is 357 g/mol. The van der Waals surface area contributed by atoms with Gasteiger partial charge in [0.15, 0.2) is 0 Å². The summed E-state index contributed by atoms with van der Waals surface area (Å²) in [6.07, 6.45) is -5.22. The highest BCUT2D eigenvalue weighted by atomic mass is 19.4. The molecule has 2 atom stereocenters. The highest BCUT2D eigenvalue weighted by molar-refractivity contribution is 5.76. The van der Waals surface area contributed by atoms with Crippen molar-refractivity contribution >= 4 is 17.3 Å². The van der Waals surface area contributed by atoms with E-state index in [9.17, 15) is 33.2 Å². The number of benzene rings is 1. The smallest absolute Gasteiger partial charge is 0.391 e. The second-order valence-corrected chi connectivity index (χ2v) is 5.95. The van der Waals surface area contributed by atoms with Crippen LogP contribution in [0.3, 0.4) is 0 Å². The van der Waals surface area contributed by atoms with Crippen molar-refractivity contribution in [2.24, 2.45) is 5.92 Å². The molecule has 1 aliphatic heterocycles. The molecule has 1 aromatic rings. The van der Waals surface area contributed by atoms with Crippen LogP contribution in [0.25, 0.3) is 0 Å². The Bertz CT molecular complexity index is 669. The molecule has 0 aromatic heterocycles. The van der Waals surface area contributed by atoms with Gasteiger partial charge < -0.3 is 21.1 Å². The number of hydrogen-bond donors (Lipinski definition) is 4. The first-order chi connectivity index (χ1) is 12.2. The van der Waals surface area contributed by atoms with Crippen LogP contribution in [0, 0.1) is 16.0 Å². The molecule has 2 rings (SSSR count). The Morgan fingerprint density at radius 1 is 1.38 bits per heavy atom. The van der Waals surface area contributed by atoms with E-state index in [1.165, 1.54) is 0 Å². The highest BCUT2D eigenvalue weighted by Gasteiger charge is 2.33. The lowest BCUT2D eigenvalue weighted by molar-refractivity contribution is -0.384. The van der Waals surface area contributed by atoms with E-state index < -0.39 is 28.5 Å². The average molecular weight is 376 g/mol. The van der Waals surface area contributed by atoms with Crippen LogP contribution in [0.4, 0.5) is 24.5 Å². The van der Waals surface area contributed by atoms with Gasteiger partial charge in [-0.15, -0.1) is 0 Å².